The van der Waals surface area contributed by atoms with Gasteiger partial charge in [0.25, 0.3) is 0 Å². The van der Waals surface area contributed by atoms with Crippen LogP contribution in [-0.4, -0.2) is 87.5 Å². The molecule has 0 radical (unpaired) electrons. The van der Waals surface area contributed by atoms with Gasteiger partial charge in [-0.15, -0.1) is 0 Å². The molecule has 0 spiro atoms. The molecule has 13 heteroatoms. The van der Waals surface area contributed by atoms with Gasteiger partial charge < -0.3 is 47.8 Å². The van der Waals surface area contributed by atoms with E-state index in [2.05, 4.69) is 16.0 Å². The van der Waals surface area contributed by atoms with Crippen LogP contribution in [0.15, 0.2) is 24.3 Å². The van der Waals surface area contributed by atoms with Crippen LogP contribution in [0.2, 0.25) is 0 Å². The van der Waals surface area contributed by atoms with Crippen molar-refractivity contribution in [3.05, 3.63) is 29.8 Å². The van der Waals surface area contributed by atoms with E-state index in [9.17, 15) is 34.5 Å². The molecule has 0 aliphatic carbocycles. The van der Waals surface area contributed by atoms with Gasteiger partial charge in [0.05, 0.1) is 12.7 Å². The van der Waals surface area contributed by atoms with E-state index in [1.807, 2.05) is 0 Å². The van der Waals surface area contributed by atoms with Gasteiger partial charge >= 0.3 is 5.97 Å². The molecule has 1 aromatic rings. The van der Waals surface area contributed by atoms with Crippen LogP contribution in [0.3, 0.4) is 0 Å². The Balaban J connectivity index is 3.11. The van der Waals surface area contributed by atoms with Crippen LogP contribution >= 0.6 is 0 Å². The minimum Gasteiger partial charge on any atom is -0.508 e. The van der Waals surface area contributed by atoms with Gasteiger partial charge in [-0.1, -0.05) is 12.1 Å². The molecule has 3 amide bonds. The number of rotatable bonds is 15. The highest BCUT2D eigenvalue weighted by atomic mass is 16.4. The zero-order valence-electron chi connectivity index (χ0n) is 19.5. The molecule has 0 saturated carbocycles. The number of hydrogen-bond acceptors (Lipinski definition) is 9. The number of nitrogens with two attached hydrogens (primary N) is 2. The number of carboxylic acids is 1. The molecule has 196 valence electrons. The zero-order valence-corrected chi connectivity index (χ0v) is 19.5. The highest BCUT2D eigenvalue weighted by molar-refractivity contribution is 5.94. The number of amides is 3. The lowest BCUT2D eigenvalue weighted by molar-refractivity contribution is -0.143. The molecule has 5 unspecified atom stereocenters. The van der Waals surface area contributed by atoms with Crippen LogP contribution in [0.4, 0.5) is 0 Å². The molecule has 11 N–H and O–H groups in total. The van der Waals surface area contributed by atoms with Gasteiger partial charge in [0.1, 0.15) is 29.9 Å². The summed E-state index contributed by atoms with van der Waals surface area (Å²) in [5.74, 6) is -3.85. The third-order valence-corrected chi connectivity index (χ3v) is 5.21. The first kappa shape index (κ1) is 29.8. The summed E-state index contributed by atoms with van der Waals surface area (Å²) in [6.07, 6.45) is -0.0346. The standard InChI is InChI=1S/C22H35N5O8/c1-12(29)18(24)21(33)25-15(4-2-3-9-23)19(31)26-16(10-13-5-7-14(30)8-6-13)20(32)27-17(11-28)22(34)35/h5-8,12,15-18,28-30H,2-4,9-11,23-24H2,1H3,(H,25,33)(H,26,31)(H,27,32)(H,34,35). The van der Waals surface area contributed by atoms with Crippen molar-refractivity contribution in [1.29, 1.82) is 0 Å². The number of carbonyl (C=O) groups is 4. The number of phenolic OH excluding ortho intramolecular Hbond substituents is 1. The average molecular weight is 498 g/mol. The minimum atomic E-state index is -1.59. The van der Waals surface area contributed by atoms with Crippen molar-refractivity contribution in [2.24, 2.45) is 11.5 Å². The first-order valence-electron chi connectivity index (χ1n) is 11.2. The summed E-state index contributed by atoms with van der Waals surface area (Å²) in [4.78, 5) is 49.4. The molecule has 0 bridgehead atoms. The maximum absolute atomic E-state index is 13.1. The van der Waals surface area contributed by atoms with E-state index in [0.717, 1.165) is 0 Å². The number of nitrogens with one attached hydrogen (secondary N) is 3. The number of aromatic hydroxyl groups is 1. The van der Waals surface area contributed by atoms with E-state index >= 15 is 0 Å². The third-order valence-electron chi connectivity index (χ3n) is 5.21. The Labute approximate surface area is 202 Å². The van der Waals surface area contributed by atoms with Crippen molar-refractivity contribution in [3.63, 3.8) is 0 Å². The molecular weight excluding hydrogens is 462 g/mol. The van der Waals surface area contributed by atoms with Crippen LogP contribution in [-0.2, 0) is 25.6 Å². The normalized spacial score (nSPS) is 15.2. The van der Waals surface area contributed by atoms with Crippen molar-refractivity contribution in [3.8, 4) is 5.75 Å². The van der Waals surface area contributed by atoms with Crippen molar-refractivity contribution in [2.45, 2.75) is 62.9 Å². The molecule has 0 saturated heterocycles. The van der Waals surface area contributed by atoms with Gasteiger partial charge in [0.15, 0.2) is 0 Å². The first-order valence-corrected chi connectivity index (χ1v) is 11.2. The Hall–Kier alpha value is -3.26. The summed E-state index contributed by atoms with van der Waals surface area (Å²) in [5, 5.41) is 44.6. The van der Waals surface area contributed by atoms with Crippen LogP contribution in [0.1, 0.15) is 31.7 Å². The lowest BCUT2D eigenvalue weighted by Crippen LogP contribution is -2.58. The Morgan fingerprint density at radius 1 is 0.914 bits per heavy atom. The Bertz CT molecular complexity index is 849. The van der Waals surface area contributed by atoms with Gasteiger partial charge in [0, 0.05) is 6.42 Å². The summed E-state index contributed by atoms with van der Waals surface area (Å²) in [6, 6.07) is 0.542. The van der Waals surface area contributed by atoms with Gasteiger partial charge in [-0.3, -0.25) is 14.4 Å². The molecule has 5 atom stereocenters. The smallest absolute Gasteiger partial charge is 0.328 e. The minimum absolute atomic E-state index is 0.0119. The van der Waals surface area contributed by atoms with Crippen molar-refractivity contribution < 1.29 is 39.6 Å². The topological polar surface area (TPSA) is 237 Å². The third kappa shape index (κ3) is 10.3. The van der Waals surface area contributed by atoms with Gasteiger partial charge in [-0.25, -0.2) is 4.79 Å². The zero-order chi connectivity index (χ0) is 26.5. The fourth-order valence-electron chi connectivity index (χ4n) is 3.06. The fraction of sp³-hybridized carbons (Fsp3) is 0.545. The predicted molar refractivity (Wildman–Crippen MR) is 125 cm³/mol. The predicted octanol–water partition coefficient (Wildman–Crippen LogP) is -2.70. The highest BCUT2D eigenvalue weighted by Gasteiger charge is 2.30. The molecule has 0 aliphatic heterocycles. The molecule has 1 aromatic carbocycles. The van der Waals surface area contributed by atoms with E-state index < -0.39 is 60.6 Å². The van der Waals surface area contributed by atoms with Gasteiger partial charge in [-0.2, -0.15) is 0 Å². The number of aliphatic hydroxyl groups excluding tert-OH is 2. The average Bonchev–Trinajstić information content (AvgIpc) is 2.81. The summed E-state index contributed by atoms with van der Waals surface area (Å²) in [7, 11) is 0. The number of unbranched alkanes of at least 4 members (excludes halogenated alkanes) is 1. The van der Waals surface area contributed by atoms with Crippen molar-refractivity contribution >= 4 is 23.7 Å². The van der Waals surface area contributed by atoms with E-state index in [-0.39, 0.29) is 18.6 Å². The van der Waals surface area contributed by atoms with Crippen LogP contribution in [0, 0.1) is 0 Å². The number of carboxylic acid groups (broad SMARTS) is 1. The number of aliphatic carboxylic acids is 1. The Kier molecular flexibility index (Phi) is 12.7. The highest BCUT2D eigenvalue weighted by Crippen LogP contribution is 2.12. The number of hydrogen-bond donors (Lipinski definition) is 9. The van der Waals surface area contributed by atoms with Gasteiger partial charge in [-0.05, 0) is 50.4 Å². The lowest BCUT2D eigenvalue weighted by atomic mass is 10.0. The quantitative estimate of drug-likeness (QED) is 0.114. The molecule has 0 fully saturated rings. The molecule has 0 aromatic heterocycles. The van der Waals surface area contributed by atoms with E-state index in [4.69, 9.17) is 16.6 Å². The van der Waals surface area contributed by atoms with E-state index in [1.54, 1.807) is 0 Å². The van der Waals surface area contributed by atoms with Crippen molar-refractivity contribution in [2.75, 3.05) is 13.2 Å². The second kappa shape index (κ2) is 14.9. The molecular formula is C22H35N5O8. The van der Waals surface area contributed by atoms with Crippen molar-refractivity contribution in [1.82, 2.24) is 16.0 Å². The summed E-state index contributed by atoms with van der Waals surface area (Å²) >= 11 is 0. The molecule has 0 aliphatic rings. The second-order valence-corrected chi connectivity index (χ2v) is 8.13. The summed E-state index contributed by atoms with van der Waals surface area (Å²) < 4.78 is 0. The van der Waals surface area contributed by atoms with Crippen LogP contribution in [0.25, 0.3) is 0 Å². The second-order valence-electron chi connectivity index (χ2n) is 8.13. The van der Waals surface area contributed by atoms with Gasteiger partial charge in [0.2, 0.25) is 17.7 Å². The van der Waals surface area contributed by atoms with E-state index in [1.165, 1.54) is 31.2 Å². The largest absolute Gasteiger partial charge is 0.508 e. The van der Waals surface area contributed by atoms with Crippen LogP contribution in [0.5, 0.6) is 5.75 Å². The first-order chi connectivity index (χ1) is 16.5. The van der Waals surface area contributed by atoms with Crippen LogP contribution < -0.4 is 27.4 Å². The molecule has 1 rings (SSSR count). The fourth-order valence-corrected chi connectivity index (χ4v) is 3.06. The number of aliphatic hydroxyl groups is 2. The number of phenols is 1. The maximum atomic E-state index is 13.1. The monoisotopic (exact) mass is 497 g/mol. The summed E-state index contributed by atoms with van der Waals surface area (Å²) in [5.41, 5.74) is 11.7. The molecule has 35 heavy (non-hydrogen) atoms. The summed E-state index contributed by atoms with van der Waals surface area (Å²) in [6.45, 7) is 0.820. The Morgan fingerprint density at radius 3 is 1.97 bits per heavy atom. The number of benzene rings is 1. The Morgan fingerprint density at radius 2 is 1.46 bits per heavy atom. The SMILES string of the molecule is CC(O)C(N)C(=O)NC(CCCCN)C(=O)NC(Cc1ccc(O)cc1)C(=O)NC(CO)C(=O)O. The maximum Gasteiger partial charge on any atom is 0.328 e. The lowest BCUT2D eigenvalue weighted by Gasteiger charge is -2.25. The number of carbonyl (C=O) groups excluding carboxylic acids is 3. The molecule has 0 heterocycles. The van der Waals surface area contributed by atoms with E-state index in [0.29, 0.717) is 24.9 Å². The molecule has 13 nitrogen and oxygen atoms in total.